The van der Waals surface area contributed by atoms with Crippen molar-refractivity contribution in [3.8, 4) is 22.0 Å². The van der Waals surface area contributed by atoms with Crippen molar-refractivity contribution in [1.82, 2.24) is 25.3 Å². The lowest BCUT2D eigenvalue weighted by atomic mass is 9.96. The average Bonchev–Trinajstić information content (AvgIpc) is 3.36. The minimum atomic E-state index is -0.443. The van der Waals surface area contributed by atoms with Gasteiger partial charge in [0.05, 0.1) is 28.0 Å². The van der Waals surface area contributed by atoms with Crippen molar-refractivity contribution < 1.29 is 4.79 Å². The Balaban J connectivity index is 1.73. The first-order valence-corrected chi connectivity index (χ1v) is 10.7. The van der Waals surface area contributed by atoms with E-state index in [-0.39, 0.29) is 5.91 Å². The first-order valence-electron chi connectivity index (χ1n) is 8.94. The first-order chi connectivity index (χ1) is 13.3. The van der Waals surface area contributed by atoms with Gasteiger partial charge in [-0.2, -0.15) is 0 Å². The number of imidazole rings is 1. The largest absolute Gasteiger partial charge is 0.348 e. The Hall–Kier alpha value is -2.58. The lowest BCUT2D eigenvalue weighted by Gasteiger charge is -2.16. The molecule has 6 nitrogen and oxygen atoms in total. The molecule has 0 aliphatic rings. The number of amides is 1. The minimum Gasteiger partial charge on any atom is -0.348 e. The van der Waals surface area contributed by atoms with Crippen molar-refractivity contribution in [3.05, 3.63) is 40.6 Å². The molecule has 0 saturated carbocycles. The normalized spacial score (nSPS) is 11.9. The summed E-state index contributed by atoms with van der Waals surface area (Å²) in [4.78, 5) is 29.3. The highest BCUT2D eigenvalue weighted by atomic mass is 32.1. The Kier molecular flexibility index (Phi) is 4.76. The van der Waals surface area contributed by atoms with Crippen LogP contribution < -0.4 is 5.32 Å². The zero-order chi connectivity index (χ0) is 19.9. The number of hydrogen-bond donors (Lipinski definition) is 2. The first kappa shape index (κ1) is 18.8. The number of hydrogen-bond acceptors (Lipinski definition) is 6. The van der Waals surface area contributed by atoms with E-state index in [2.05, 4.69) is 26.3 Å². The third-order valence-corrected chi connectivity index (χ3v) is 6.06. The van der Waals surface area contributed by atoms with E-state index < -0.39 is 5.41 Å². The Morgan fingerprint density at radius 3 is 2.75 bits per heavy atom. The molecule has 8 heteroatoms. The molecule has 28 heavy (non-hydrogen) atoms. The van der Waals surface area contributed by atoms with Crippen molar-refractivity contribution in [2.45, 2.75) is 34.2 Å². The van der Waals surface area contributed by atoms with Gasteiger partial charge in [-0.15, -0.1) is 22.7 Å². The lowest BCUT2D eigenvalue weighted by Crippen LogP contribution is -2.34. The predicted molar refractivity (Wildman–Crippen MR) is 114 cm³/mol. The standard InChI is InChI=1S/C20H21N5OS2/c1-11-9-27-18(23-11)17-16(12-5-6-13-14(7-12)28-10-22-13)24-15(25-17)8-21-19(26)20(2,3)4/h5-7,9-10H,8H2,1-4H3,(H,21,26)(H,24,25). The van der Waals surface area contributed by atoms with Crippen LogP contribution in [0.4, 0.5) is 0 Å². The third kappa shape index (κ3) is 3.70. The molecule has 0 aliphatic heterocycles. The van der Waals surface area contributed by atoms with Gasteiger partial charge in [0.15, 0.2) is 0 Å². The second-order valence-electron chi connectivity index (χ2n) is 7.67. The van der Waals surface area contributed by atoms with Crippen LogP contribution in [-0.4, -0.2) is 25.8 Å². The van der Waals surface area contributed by atoms with E-state index in [0.29, 0.717) is 12.4 Å². The Morgan fingerprint density at radius 2 is 2.04 bits per heavy atom. The number of aromatic nitrogens is 4. The molecule has 0 aliphatic carbocycles. The molecule has 0 saturated heterocycles. The fraction of sp³-hybridized carbons (Fsp3) is 0.300. The molecule has 2 N–H and O–H groups in total. The van der Waals surface area contributed by atoms with Crippen LogP contribution in [0.25, 0.3) is 32.2 Å². The van der Waals surface area contributed by atoms with Crippen molar-refractivity contribution >= 4 is 38.8 Å². The quantitative estimate of drug-likeness (QED) is 0.506. The second-order valence-corrected chi connectivity index (χ2v) is 9.41. The van der Waals surface area contributed by atoms with Gasteiger partial charge in [-0.3, -0.25) is 4.79 Å². The predicted octanol–water partition coefficient (Wildman–Crippen LogP) is 4.78. The van der Waals surface area contributed by atoms with Gasteiger partial charge in [-0.25, -0.2) is 15.0 Å². The van der Waals surface area contributed by atoms with Crippen molar-refractivity contribution in [3.63, 3.8) is 0 Å². The molecule has 1 amide bonds. The molecule has 4 rings (SSSR count). The average molecular weight is 412 g/mol. The molecule has 0 unspecified atom stereocenters. The molecular weight excluding hydrogens is 390 g/mol. The van der Waals surface area contributed by atoms with E-state index in [1.54, 1.807) is 22.7 Å². The molecule has 3 aromatic heterocycles. The van der Waals surface area contributed by atoms with Crippen molar-refractivity contribution in [1.29, 1.82) is 0 Å². The smallest absolute Gasteiger partial charge is 0.225 e. The van der Waals surface area contributed by atoms with Gasteiger partial charge in [0.25, 0.3) is 0 Å². The molecular formula is C20H21N5OS2. The van der Waals surface area contributed by atoms with E-state index in [0.717, 1.165) is 37.9 Å². The van der Waals surface area contributed by atoms with E-state index in [9.17, 15) is 4.79 Å². The minimum absolute atomic E-state index is 0.0110. The number of rotatable bonds is 4. The highest BCUT2D eigenvalue weighted by Gasteiger charge is 2.22. The molecule has 0 radical (unpaired) electrons. The zero-order valence-electron chi connectivity index (χ0n) is 16.2. The lowest BCUT2D eigenvalue weighted by molar-refractivity contribution is -0.128. The molecule has 144 valence electrons. The molecule has 0 spiro atoms. The monoisotopic (exact) mass is 411 g/mol. The number of aryl methyl sites for hydroxylation is 1. The van der Waals surface area contributed by atoms with Crippen LogP contribution in [0.2, 0.25) is 0 Å². The summed E-state index contributed by atoms with van der Waals surface area (Å²) >= 11 is 3.19. The molecule has 4 aromatic rings. The summed E-state index contributed by atoms with van der Waals surface area (Å²) in [5.74, 6) is 0.697. The fourth-order valence-corrected chi connectivity index (χ4v) is 4.28. The van der Waals surface area contributed by atoms with Crippen LogP contribution in [0.1, 0.15) is 32.3 Å². The van der Waals surface area contributed by atoms with Gasteiger partial charge in [-0.05, 0) is 19.1 Å². The zero-order valence-corrected chi connectivity index (χ0v) is 17.8. The van der Waals surface area contributed by atoms with E-state index in [4.69, 9.17) is 4.98 Å². The van der Waals surface area contributed by atoms with Crippen LogP contribution in [0.15, 0.2) is 29.1 Å². The number of nitrogens with one attached hydrogen (secondary N) is 2. The Morgan fingerprint density at radius 1 is 1.21 bits per heavy atom. The Bertz CT molecular complexity index is 1150. The number of thiazole rings is 2. The van der Waals surface area contributed by atoms with Crippen LogP contribution in [0, 0.1) is 12.3 Å². The highest BCUT2D eigenvalue weighted by Crippen LogP contribution is 2.34. The summed E-state index contributed by atoms with van der Waals surface area (Å²) in [6.45, 7) is 8.00. The van der Waals surface area contributed by atoms with Crippen LogP contribution in [-0.2, 0) is 11.3 Å². The summed E-state index contributed by atoms with van der Waals surface area (Å²) < 4.78 is 1.12. The summed E-state index contributed by atoms with van der Waals surface area (Å²) in [5.41, 5.74) is 6.07. The number of nitrogens with zero attached hydrogens (tertiary/aromatic N) is 3. The van der Waals surface area contributed by atoms with Gasteiger partial charge >= 0.3 is 0 Å². The van der Waals surface area contributed by atoms with Crippen LogP contribution in [0.3, 0.4) is 0 Å². The van der Waals surface area contributed by atoms with Gasteiger partial charge in [0.2, 0.25) is 5.91 Å². The maximum absolute atomic E-state index is 12.2. The number of aromatic amines is 1. The fourth-order valence-electron chi connectivity index (χ4n) is 2.77. The summed E-state index contributed by atoms with van der Waals surface area (Å²) in [5, 5.41) is 5.86. The van der Waals surface area contributed by atoms with Crippen molar-refractivity contribution in [2.75, 3.05) is 0 Å². The van der Waals surface area contributed by atoms with Crippen LogP contribution in [0.5, 0.6) is 0 Å². The molecule has 0 atom stereocenters. The number of benzene rings is 1. The van der Waals surface area contributed by atoms with E-state index in [1.165, 1.54) is 0 Å². The summed E-state index contributed by atoms with van der Waals surface area (Å²) in [6, 6.07) is 6.14. The molecule has 3 heterocycles. The highest BCUT2D eigenvalue weighted by molar-refractivity contribution is 7.16. The van der Waals surface area contributed by atoms with Crippen molar-refractivity contribution in [2.24, 2.45) is 5.41 Å². The van der Waals surface area contributed by atoms with Crippen LogP contribution >= 0.6 is 22.7 Å². The summed E-state index contributed by atoms with van der Waals surface area (Å²) in [7, 11) is 0. The summed E-state index contributed by atoms with van der Waals surface area (Å²) in [6.07, 6.45) is 0. The molecule has 0 fully saturated rings. The van der Waals surface area contributed by atoms with E-state index >= 15 is 0 Å². The topological polar surface area (TPSA) is 83.6 Å². The van der Waals surface area contributed by atoms with Gasteiger partial charge < -0.3 is 10.3 Å². The van der Waals surface area contributed by atoms with Gasteiger partial charge in [-0.1, -0.05) is 26.8 Å². The van der Waals surface area contributed by atoms with E-state index in [1.807, 2.05) is 50.7 Å². The maximum atomic E-state index is 12.2. The number of carbonyl (C=O) groups excluding carboxylic acids is 1. The maximum Gasteiger partial charge on any atom is 0.225 e. The second kappa shape index (κ2) is 7.10. The van der Waals surface area contributed by atoms with Gasteiger partial charge in [0, 0.05) is 22.1 Å². The number of H-pyrrole nitrogens is 1. The number of carbonyl (C=O) groups is 1. The Labute approximate surface area is 171 Å². The molecule has 0 bridgehead atoms. The van der Waals surface area contributed by atoms with Gasteiger partial charge in [0.1, 0.15) is 16.5 Å². The molecule has 1 aromatic carbocycles. The third-order valence-electron chi connectivity index (χ3n) is 4.29. The number of fused-ring (bicyclic) bond motifs is 1. The SMILES string of the molecule is Cc1csc(-c2[nH]c(CNC(=O)C(C)(C)C)nc2-c2ccc3ncsc3c2)n1.